The molecule has 21 heavy (non-hydrogen) atoms. The highest BCUT2D eigenvalue weighted by Crippen LogP contribution is 2.43. The third-order valence-electron chi connectivity index (χ3n) is 4.55. The molecule has 2 aromatic rings. The van der Waals surface area contributed by atoms with E-state index in [9.17, 15) is 4.79 Å². The molecule has 3 atom stereocenters. The fourth-order valence-corrected chi connectivity index (χ4v) is 3.50. The van der Waals surface area contributed by atoms with Gasteiger partial charge in [0.05, 0.1) is 18.2 Å². The van der Waals surface area contributed by atoms with Crippen molar-refractivity contribution in [1.29, 1.82) is 0 Å². The first-order valence-corrected chi connectivity index (χ1v) is 7.37. The Morgan fingerprint density at radius 1 is 1.29 bits per heavy atom. The number of rotatable bonds is 3. The number of nitrogens with zero attached hydrogens (tertiary/aromatic N) is 1. The van der Waals surface area contributed by atoms with Crippen LogP contribution in [0.1, 0.15) is 12.8 Å². The molecule has 0 unspecified atom stereocenters. The highest BCUT2D eigenvalue weighted by atomic mass is 16.1. The van der Waals surface area contributed by atoms with Gasteiger partial charge >= 0.3 is 0 Å². The molecule has 4 heteroatoms. The Morgan fingerprint density at radius 3 is 2.95 bits per heavy atom. The smallest absolute Gasteiger partial charge is 0.228 e. The Bertz CT molecular complexity index is 690. The molecule has 2 aliphatic rings. The summed E-state index contributed by atoms with van der Waals surface area (Å²) in [5, 5.41) is 3.06. The minimum atomic E-state index is 0.135. The van der Waals surface area contributed by atoms with Crippen LogP contribution in [-0.2, 0) is 4.79 Å². The van der Waals surface area contributed by atoms with Crippen molar-refractivity contribution in [2.24, 2.45) is 17.8 Å². The van der Waals surface area contributed by atoms with Crippen LogP contribution in [-0.4, -0.2) is 15.9 Å². The van der Waals surface area contributed by atoms with Gasteiger partial charge in [-0.15, -0.1) is 0 Å². The van der Waals surface area contributed by atoms with E-state index < -0.39 is 0 Å². The summed E-state index contributed by atoms with van der Waals surface area (Å²) in [6, 6.07) is 7.87. The molecule has 2 aliphatic carbocycles. The van der Waals surface area contributed by atoms with Crippen LogP contribution < -0.4 is 5.32 Å². The largest absolute Gasteiger partial charge is 0.345 e. The lowest BCUT2D eigenvalue weighted by Crippen LogP contribution is -2.25. The summed E-state index contributed by atoms with van der Waals surface area (Å²) in [5.74, 6) is 1.33. The monoisotopic (exact) mass is 279 g/mol. The average Bonchev–Trinajstić information content (AvgIpc) is 3.24. The van der Waals surface area contributed by atoms with Crippen LogP contribution in [0.5, 0.6) is 0 Å². The molecule has 4 nitrogen and oxygen atoms in total. The zero-order valence-corrected chi connectivity index (χ0v) is 11.6. The molecule has 1 heterocycles. The number of hydrogen-bond acceptors (Lipinski definition) is 2. The fraction of sp³-hybridized carbons (Fsp3) is 0.294. The molecule has 2 bridgehead atoms. The van der Waals surface area contributed by atoms with Gasteiger partial charge in [0.1, 0.15) is 0 Å². The Morgan fingerprint density at radius 2 is 2.24 bits per heavy atom. The van der Waals surface area contributed by atoms with Gasteiger partial charge in [-0.25, -0.2) is 4.98 Å². The van der Waals surface area contributed by atoms with Crippen LogP contribution in [0.4, 0.5) is 5.69 Å². The normalized spacial score (nSPS) is 26.2. The number of imidazole rings is 1. The molecule has 1 aromatic carbocycles. The number of anilines is 1. The van der Waals surface area contributed by atoms with Gasteiger partial charge in [0, 0.05) is 17.2 Å². The van der Waals surface area contributed by atoms with E-state index in [1.54, 1.807) is 12.5 Å². The van der Waals surface area contributed by atoms with Crippen LogP contribution in [0.25, 0.3) is 11.3 Å². The summed E-state index contributed by atoms with van der Waals surface area (Å²) in [6.45, 7) is 0. The number of aromatic nitrogens is 2. The van der Waals surface area contributed by atoms with E-state index in [4.69, 9.17) is 0 Å². The molecule has 0 saturated heterocycles. The highest BCUT2D eigenvalue weighted by Gasteiger charge is 2.39. The van der Waals surface area contributed by atoms with Crippen molar-refractivity contribution in [3.8, 4) is 11.3 Å². The molecule has 1 aromatic heterocycles. The zero-order chi connectivity index (χ0) is 14.2. The minimum absolute atomic E-state index is 0.135. The van der Waals surface area contributed by atoms with Gasteiger partial charge < -0.3 is 10.3 Å². The van der Waals surface area contributed by atoms with E-state index in [1.165, 1.54) is 0 Å². The highest BCUT2D eigenvalue weighted by molar-refractivity contribution is 5.93. The molecular weight excluding hydrogens is 262 g/mol. The predicted molar refractivity (Wildman–Crippen MR) is 81.5 cm³/mol. The van der Waals surface area contributed by atoms with Gasteiger partial charge in [0.15, 0.2) is 0 Å². The Labute approximate surface area is 123 Å². The van der Waals surface area contributed by atoms with Crippen molar-refractivity contribution in [2.45, 2.75) is 12.8 Å². The molecule has 1 saturated carbocycles. The summed E-state index contributed by atoms with van der Waals surface area (Å²) in [7, 11) is 0. The fourth-order valence-electron chi connectivity index (χ4n) is 3.50. The summed E-state index contributed by atoms with van der Waals surface area (Å²) in [5.41, 5.74) is 2.82. The lowest BCUT2D eigenvalue weighted by molar-refractivity contribution is -0.120. The summed E-state index contributed by atoms with van der Waals surface area (Å²) >= 11 is 0. The lowest BCUT2D eigenvalue weighted by Gasteiger charge is -2.17. The first kappa shape index (κ1) is 12.4. The second-order valence-electron chi connectivity index (χ2n) is 5.92. The number of carbonyl (C=O) groups is 1. The Hall–Kier alpha value is -2.36. The quantitative estimate of drug-likeness (QED) is 0.847. The molecule has 0 radical (unpaired) electrons. The van der Waals surface area contributed by atoms with Crippen molar-refractivity contribution in [3.63, 3.8) is 0 Å². The van der Waals surface area contributed by atoms with Crippen LogP contribution >= 0.6 is 0 Å². The van der Waals surface area contributed by atoms with E-state index in [0.717, 1.165) is 29.8 Å². The second kappa shape index (κ2) is 4.88. The standard InChI is InChI=1S/C17H17N3O/c21-17(15-7-11-4-5-12(15)6-11)20-14-3-1-2-13(8-14)16-9-18-10-19-16/h1-5,8-12,15H,6-7H2,(H,18,19)(H,20,21)/t11-,12+,15+/m1/s1. The SMILES string of the molecule is O=C(Nc1cccc(-c2cnc[nH]2)c1)[C@H]1C[C@@H]2C=C[C@H]1C2. The van der Waals surface area contributed by atoms with Crippen LogP contribution in [0.15, 0.2) is 48.9 Å². The molecule has 1 fully saturated rings. The van der Waals surface area contributed by atoms with Gasteiger partial charge in [-0.2, -0.15) is 0 Å². The van der Waals surface area contributed by atoms with Crippen molar-refractivity contribution >= 4 is 11.6 Å². The van der Waals surface area contributed by atoms with E-state index in [1.807, 2.05) is 24.3 Å². The van der Waals surface area contributed by atoms with Crippen molar-refractivity contribution < 1.29 is 4.79 Å². The third kappa shape index (κ3) is 2.27. The molecule has 0 aliphatic heterocycles. The third-order valence-corrected chi connectivity index (χ3v) is 4.55. The van der Waals surface area contributed by atoms with Crippen LogP contribution in [0.3, 0.4) is 0 Å². The maximum absolute atomic E-state index is 12.4. The molecular formula is C17H17N3O. The van der Waals surface area contributed by atoms with Crippen molar-refractivity contribution in [3.05, 3.63) is 48.9 Å². The Balaban J connectivity index is 1.51. The molecule has 106 valence electrons. The molecule has 1 amide bonds. The van der Waals surface area contributed by atoms with E-state index in [0.29, 0.717) is 11.8 Å². The molecule has 2 N–H and O–H groups in total. The Kier molecular flexibility index (Phi) is 2.88. The summed E-state index contributed by atoms with van der Waals surface area (Å²) < 4.78 is 0. The van der Waals surface area contributed by atoms with E-state index in [-0.39, 0.29) is 11.8 Å². The number of benzene rings is 1. The van der Waals surface area contributed by atoms with Crippen LogP contribution in [0.2, 0.25) is 0 Å². The number of hydrogen-bond donors (Lipinski definition) is 2. The van der Waals surface area contributed by atoms with Gasteiger partial charge in [0.2, 0.25) is 5.91 Å². The van der Waals surface area contributed by atoms with Gasteiger partial charge in [0.25, 0.3) is 0 Å². The van der Waals surface area contributed by atoms with Gasteiger partial charge in [-0.3, -0.25) is 4.79 Å². The number of nitrogens with one attached hydrogen (secondary N) is 2. The maximum Gasteiger partial charge on any atom is 0.228 e. The second-order valence-corrected chi connectivity index (χ2v) is 5.92. The first-order chi connectivity index (χ1) is 10.3. The minimum Gasteiger partial charge on any atom is -0.345 e. The number of fused-ring (bicyclic) bond motifs is 2. The predicted octanol–water partition coefficient (Wildman–Crippen LogP) is 3.23. The zero-order valence-electron chi connectivity index (χ0n) is 11.6. The first-order valence-electron chi connectivity index (χ1n) is 7.37. The topological polar surface area (TPSA) is 57.8 Å². The number of carbonyl (C=O) groups excluding carboxylic acids is 1. The van der Waals surface area contributed by atoms with Crippen molar-refractivity contribution in [2.75, 3.05) is 5.32 Å². The number of amides is 1. The van der Waals surface area contributed by atoms with E-state index in [2.05, 4.69) is 27.4 Å². The van der Waals surface area contributed by atoms with Gasteiger partial charge in [-0.05, 0) is 36.8 Å². The number of aromatic amines is 1. The lowest BCUT2D eigenvalue weighted by atomic mass is 9.93. The average molecular weight is 279 g/mol. The molecule has 4 rings (SSSR count). The number of allylic oxidation sites excluding steroid dienone is 2. The number of H-pyrrole nitrogens is 1. The summed E-state index contributed by atoms with van der Waals surface area (Å²) in [4.78, 5) is 19.5. The van der Waals surface area contributed by atoms with Gasteiger partial charge in [-0.1, -0.05) is 24.3 Å². The van der Waals surface area contributed by atoms with Crippen molar-refractivity contribution in [1.82, 2.24) is 9.97 Å². The van der Waals surface area contributed by atoms with E-state index >= 15 is 0 Å². The molecule has 0 spiro atoms. The van der Waals surface area contributed by atoms with Crippen LogP contribution in [0, 0.1) is 17.8 Å². The maximum atomic E-state index is 12.4. The summed E-state index contributed by atoms with van der Waals surface area (Å²) in [6.07, 6.45) is 10.0.